The zero-order valence-electron chi connectivity index (χ0n) is 15.7. The first-order valence-electron chi connectivity index (χ1n) is 8.83. The average Bonchev–Trinajstić information content (AvgIpc) is 3.34. The second kappa shape index (κ2) is 8.41. The van der Waals surface area contributed by atoms with Gasteiger partial charge in [-0.15, -0.1) is 22.7 Å². The van der Waals surface area contributed by atoms with Crippen LogP contribution in [0.5, 0.6) is 0 Å². The molecular weight excluding hydrogens is 420 g/mol. The lowest BCUT2D eigenvalue weighted by atomic mass is 10.1. The summed E-state index contributed by atoms with van der Waals surface area (Å²) < 4.78 is 0. The number of ketones is 1. The van der Waals surface area contributed by atoms with Crippen LogP contribution in [0.25, 0.3) is 21.3 Å². The zero-order valence-corrected chi connectivity index (χ0v) is 18.2. The molecule has 0 spiro atoms. The quantitative estimate of drug-likeness (QED) is 0.297. The molecule has 5 nitrogen and oxygen atoms in total. The molecule has 29 heavy (non-hydrogen) atoms. The van der Waals surface area contributed by atoms with Crippen LogP contribution < -0.4 is 0 Å². The molecule has 0 radical (unpaired) electrons. The minimum Gasteiger partial charge on any atom is -0.297 e. The topological polar surface area (TPSA) is 79.5 Å². The number of rotatable bonds is 6. The van der Waals surface area contributed by atoms with Crippen LogP contribution in [0.2, 0.25) is 0 Å². The molecule has 4 rings (SSSR count). The van der Waals surface area contributed by atoms with E-state index in [9.17, 15) is 10.1 Å². The number of carbonyl (C=O) groups is 1. The Balaban J connectivity index is 1.61. The van der Waals surface area contributed by atoms with Gasteiger partial charge in [0.1, 0.15) is 21.2 Å². The van der Waals surface area contributed by atoms with Gasteiger partial charge in [0, 0.05) is 22.0 Å². The van der Waals surface area contributed by atoms with Crippen LogP contribution in [0.15, 0.2) is 46.4 Å². The Labute approximate surface area is 180 Å². The van der Waals surface area contributed by atoms with Crippen LogP contribution in [0.3, 0.4) is 0 Å². The predicted octanol–water partition coefficient (Wildman–Crippen LogP) is 5.40. The molecule has 3 aromatic heterocycles. The summed E-state index contributed by atoms with van der Waals surface area (Å²) in [5.74, 6) is -0.838. The zero-order chi connectivity index (χ0) is 20.4. The Kier molecular flexibility index (Phi) is 5.72. The van der Waals surface area contributed by atoms with E-state index in [1.807, 2.05) is 12.3 Å². The van der Waals surface area contributed by atoms with Crippen molar-refractivity contribution >= 4 is 50.4 Å². The van der Waals surface area contributed by atoms with Crippen molar-refractivity contribution in [3.63, 3.8) is 0 Å². The highest BCUT2D eigenvalue weighted by Gasteiger charge is 2.24. The highest BCUT2D eigenvalue weighted by Crippen LogP contribution is 2.38. The molecule has 3 heterocycles. The molecule has 1 aromatic carbocycles. The number of nitriles is 1. The predicted molar refractivity (Wildman–Crippen MR) is 119 cm³/mol. The molecule has 0 N–H and O–H groups in total. The maximum absolute atomic E-state index is 12.7. The van der Waals surface area contributed by atoms with E-state index in [0.29, 0.717) is 5.01 Å². The summed E-state index contributed by atoms with van der Waals surface area (Å²) in [6.07, 6.45) is 1.52. The van der Waals surface area contributed by atoms with Gasteiger partial charge in [-0.05, 0) is 19.4 Å². The van der Waals surface area contributed by atoms with Crippen molar-refractivity contribution in [2.75, 3.05) is 5.75 Å². The van der Waals surface area contributed by atoms with Crippen molar-refractivity contribution in [1.29, 1.82) is 5.26 Å². The average molecular weight is 437 g/mol. The number of benzene rings is 1. The van der Waals surface area contributed by atoms with Crippen LogP contribution in [0.1, 0.15) is 22.2 Å². The number of carbonyl (C=O) groups excluding carboxylic acids is 1. The van der Waals surface area contributed by atoms with Crippen LogP contribution in [-0.4, -0.2) is 26.5 Å². The normalized spacial score (nSPS) is 12.0. The van der Waals surface area contributed by atoms with E-state index in [2.05, 4.69) is 57.6 Å². The third-order valence-electron chi connectivity index (χ3n) is 4.38. The first kappa shape index (κ1) is 19.7. The van der Waals surface area contributed by atoms with Gasteiger partial charge in [-0.3, -0.25) is 4.79 Å². The second-order valence-corrected chi connectivity index (χ2v) is 9.23. The molecule has 1 atom stereocenters. The first-order valence-corrected chi connectivity index (χ1v) is 11.6. The maximum atomic E-state index is 12.7. The molecule has 0 saturated carbocycles. The Hall–Kier alpha value is -2.60. The molecule has 0 aliphatic carbocycles. The summed E-state index contributed by atoms with van der Waals surface area (Å²) in [4.78, 5) is 26.7. The molecule has 0 bridgehead atoms. The molecule has 4 aromatic rings. The second-order valence-electron chi connectivity index (χ2n) is 6.52. The summed E-state index contributed by atoms with van der Waals surface area (Å²) >= 11 is 4.26. The number of Topliss-reactive ketones (excluding diaryl/α,β-unsaturated/α-hetero) is 1. The Bertz CT molecular complexity index is 1220. The van der Waals surface area contributed by atoms with Gasteiger partial charge in [0.25, 0.3) is 0 Å². The highest BCUT2D eigenvalue weighted by atomic mass is 32.2. The van der Waals surface area contributed by atoms with E-state index in [1.54, 1.807) is 11.3 Å². The smallest absolute Gasteiger partial charge is 0.167 e. The molecule has 0 aliphatic rings. The number of fused-ring (bicyclic) bond motifs is 1. The van der Waals surface area contributed by atoms with Crippen molar-refractivity contribution in [1.82, 2.24) is 15.0 Å². The first-order chi connectivity index (χ1) is 14.1. The summed E-state index contributed by atoms with van der Waals surface area (Å²) in [7, 11) is 0. The van der Waals surface area contributed by atoms with Crippen LogP contribution in [0, 0.1) is 25.2 Å². The number of thiophene rings is 1. The fourth-order valence-corrected chi connectivity index (χ4v) is 5.65. The number of aromatic nitrogens is 3. The number of thiazole rings is 1. The van der Waals surface area contributed by atoms with Crippen molar-refractivity contribution in [2.45, 2.75) is 24.8 Å². The number of aryl methyl sites for hydroxylation is 2. The molecule has 0 amide bonds. The lowest BCUT2D eigenvalue weighted by Gasteiger charge is -2.07. The van der Waals surface area contributed by atoms with E-state index in [0.717, 1.165) is 32.1 Å². The number of hydrogen-bond donors (Lipinski definition) is 0. The highest BCUT2D eigenvalue weighted by molar-refractivity contribution is 8.00. The molecule has 0 aliphatic heterocycles. The van der Waals surface area contributed by atoms with Crippen molar-refractivity contribution in [2.24, 2.45) is 0 Å². The minimum atomic E-state index is -0.836. The lowest BCUT2D eigenvalue weighted by Crippen LogP contribution is -2.13. The molecule has 144 valence electrons. The Morgan fingerprint density at radius 3 is 2.66 bits per heavy atom. The van der Waals surface area contributed by atoms with Crippen LogP contribution in [0.4, 0.5) is 0 Å². The van der Waals surface area contributed by atoms with Gasteiger partial charge in [-0.2, -0.15) is 5.26 Å². The lowest BCUT2D eigenvalue weighted by molar-refractivity contribution is -0.116. The summed E-state index contributed by atoms with van der Waals surface area (Å²) in [6, 6.07) is 10.4. The number of thioether (sulfide) groups is 1. The number of nitrogens with zero attached hydrogens (tertiary/aromatic N) is 4. The summed E-state index contributed by atoms with van der Waals surface area (Å²) in [5, 5.41) is 15.7. The van der Waals surface area contributed by atoms with Gasteiger partial charge in [0.2, 0.25) is 0 Å². The SMILES string of the molecule is Cc1ccc(-c2csc3ncnc(SCC(=O)[C@@H](C#N)c4nc(C)cs4)c23)cc1. The Morgan fingerprint density at radius 2 is 1.97 bits per heavy atom. The van der Waals surface area contributed by atoms with E-state index < -0.39 is 5.92 Å². The monoisotopic (exact) mass is 436 g/mol. The fraction of sp³-hybridized carbons (Fsp3) is 0.190. The van der Waals surface area contributed by atoms with Crippen molar-refractivity contribution < 1.29 is 4.79 Å². The molecule has 0 unspecified atom stereocenters. The van der Waals surface area contributed by atoms with Gasteiger partial charge in [0.15, 0.2) is 11.7 Å². The van der Waals surface area contributed by atoms with Crippen LogP contribution in [-0.2, 0) is 4.79 Å². The van der Waals surface area contributed by atoms with E-state index >= 15 is 0 Å². The third-order valence-corrected chi connectivity index (χ3v) is 7.31. The molecular formula is C21H16N4OS3. The van der Waals surface area contributed by atoms with Gasteiger partial charge in [-0.1, -0.05) is 41.6 Å². The van der Waals surface area contributed by atoms with Gasteiger partial charge in [-0.25, -0.2) is 15.0 Å². The van der Waals surface area contributed by atoms with E-state index in [1.165, 1.54) is 35.0 Å². The maximum Gasteiger partial charge on any atom is 0.167 e. The standard InChI is InChI=1S/C21H16N4OS3/c1-12-3-5-14(6-4-12)16-9-28-20-18(16)21(24-11-23-20)29-10-17(26)15(7-22)19-25-13(2)8-27-19/h3-6,8-9,11,15H,10H2,1-2H3/t15-/m1/s1. The third kappa shape index (κ3) is 4.08. The Morgan fingerprint density at radius 1 is 1.17 bits per heavy atom. The molecule has 0 fully saturated rings. The largest absolute Gasteiger partial charge is 0.297 e. The van der Waals surface area contributed by atoms with E-state index in [-0.39, 0.29) is 11.5 Å². The van der Waals surface area contributed by atoms with E-state index in [4.69, 9.17) is 0 Å². The van der Waals surface area contributed by atoms with Gasteiger partial charge >= 0.3 is 0 Å². The van der Waals surface area contributed by atoms with Gasteiger partial charge in [0.05, 0.1) is 17.2 Å². The molecule has 8 heteroatoms. The summed E-state index contributed by atoms with van der Waals surface area (Å²) in [5.41, 5.74) is 4.18. The summed E-state index contributed by atoms with van der Waals surface area (Å²) in [6.45, 7) is 3.91. The minimum absolute atomic E-state index is 0.159. The fourth-order valence-electron chi connectivity index (χ4n) is 2.90. The molecule has 0 saturated heterocycles. The number of hydrogen-bond acceptors (Lipinski definition) is 8. The van der Waals surface area contributed by atoms with Crippen LogP contribution >= 0.6 is 34.4 Å². The van der Waals surface area contributed by atoms with Crippen molar-refractivity contribution in [3.8, 4) is 17.2 Å². The van der Waals surface area contributed by atoms with Crippen molar-refractivity contribution in [3.05, 3.63) is 57.6 Å². The van der Waals surface area contributed by atoms with Gasteiger partial charge < -0.3 is 0 Å².